The van der Waals surface area contributed by atoms with Crippen LogP contribution in [0.15, 0.2) is 36.5 Å². The molecule has 2 aromatic heterocycles. The van der Waals surface area contributed by atoms with Gasteiger partial charge in [0.05, 0.1) is 16.6 Å². The van der Waals surface area contributed by atoms with E-state index in [2.05, 4.69) is 36.5 Å². The van der Waals surface area contributed by atoms with Gasteiger partial charge in [0.2, 0.25) is 5.95 Å². The van der Waals surface area contributed by atoms with E-state index in [-0.39, 0.29) is 5.91 Å². The molecular formula is C14H16N8O. The summed E-state index contributed by atoms with van der Waals surface area (Å²) in [5.74, 6) is 5.89. The quantitative estimate of drug-likeness (QED) is 0.304. The number of carbonyl (C=O) groups excluding carboxylic acids is 1. The minimum absolute atomic E-state index is 0.186. The Hall–Kier alpha value is -3.17. The number of benzene rings is 1. The molecule has 0 atom stereocenters. The van der Waals surface area contributed by atoms with Crippen LogP contribution >= 0.6 is 0 Å². The molecule has 118 valence electrons. The number of aromatic nitrogens is 3. The fraction of sp³-hybridized carbons (Fsp3) is 0.0714. The zero-order valence-electron chi connectivity index (χ0n) is 12.3. The molecule has 0 saturated carbocycles. The van der Waals surface area contributed by atoms with E-state index in [1.54, 1.807) is 31.4 Å². The standard InChI is InChI=1S/C14H16N8O/c1-16-13(23)8-4-2-3-5-10(8)18-12-9-6-7-17-11(9)19-14(20-12)21-22-15/h2-7,22H,15H2,1H3,(H,16,23)(H3,17,18,19,20,21). The Morgan fingerprint density at radius 1 is 1.22 bits per heavy atom. The molecule has 9 nitrogen and oxygen atoms in total. The van der Waals surface area contributed by atoms with Crippen molar-refractivity contribution in [3.63, 3.8) is 0 Å². The number of fused-ring (bicyclic) bond motifs is 1. The summed E-state index contributed by atoms with van der Waals surface area (Å²) in [6.45, 7) is 0. The van der Waals surface area contributed by atoms with Crippen molar-refractivity contribution in [2.75, 3.05) is 17.8 Å². The molecule has 0 unspecified atom stereocenters. The fourth-order valence-electron chi connectivity index (χ4n) is 2.21. The van der Waals surface area contributed by atoms with Crippen LogP contribution in [0, 0.1) is 0 Å². The number of para-hydroxylation sites is 1. The Labute approximate surface area is 131 Å². The van der Waals surface area contributed by atoms with Crippen molar-refractivity contribution in [1.29, 1.82) is 0 Å². The summed E-state index contributed by atoms with van der Waals surface area (Å²) in [6.07, 6.45) is 1.76. The number of nitrogens with one attached hydrogen (secondary N) is 5. The summed E-state index contributed by atoms with van der Waals surface area (Å²) in [6, 6.07) is 9.02. The molecule has 9 heteroatoms. The lowest BCUT2D eigenvalue weighted by Crippen LogP contribution is -2.29. The first kappa shape index (κ1) is 14.8. The second-order valence-electron chi connectivity index (χ2n) is 4.65. The van der Waals surface area contributed by atoms with Crippen LogP contribution < -0.4 is 27.4 Å². The number of hydrogen-bond acceptors (Lipinski definition) is 7. The van der Waals surface area contributed by atoms with Gasteiger partial charge in [-0.2, -0.15) is 15.5 Å². The fourth-order valence-corrected chi connectivity index (χ4v) is 2.21. The summed E-state index contributed by atoms with van der Waals surface area (Å²) in [5, 5.41) is 6.58. The number of nitrogens with zero attached hydrogens (tertiary/aromatic N) is 2. The number of carbonyl (C=O) groups is 1. The van der Waals surface area contributed by atoms with Gasteiger partial charge in [0.15, 0.2) is 0 Å². The van der Waals surface area contributed by atoms with E-state index < -0.39 is 0 Å². The van der Waals surface area contributed by atoms with Gasteiger partial charge in [0.25, 0.3) is 5.91 Å². The number of rotatable bonds is 5. The van der Waals surface area contributed by atoms with E-state index in [9.17, 15) is 4.79 Å². The Morgan fingerprint density at radius 2 is 2.04 bits per heavy atom. The first-order valence-electron chi connectivity index (χ1n) is 6.88. The van der Waals surface area contributed by atoms with Crippen molar-refractivity contribution < 1.29 is 4.79 Å². The van der Waals surface area contributed by atoms with Gasteiger partial charge in [-0.15, -0.1) is 0 Å². The van der Waals surface area contributed by atoms with Crippen molar-refractivity contribution in [2.45, 2.75) is 0 Å². The molecule has 0 saturated heterocycles. The maximum Gasteiger partial charge on any atom is 0.253 e. The first-order chi connectivity index (χ1) is 11.2. The molecule has 1 amide bonds. The number of aromatic amines is 1. The SMILES string of the molecule is CNC(=O)c1ccccc1Nc1nc(NNN)nc2[nH]ccc12. The Bertz CT molecular complexity index is 844. The lowest BCUT2D eigenvalue weighted by Gasteiger charge is -2.12. The Kier molecular flexibility index (Phi) is 4.04. The van der Waals surface area contributed by atoms with Crippen LogP contribution in [-0.4, -0.2) is 27.9 Å². The molecule has 0 fully saturated rings. The minimum atomic E-state index is -0.186. The predicted octanol–water partition coefficient (Wildman–Crippen LogP) is 0.851. The zero-order valence-corrected chi connectivity index (χ0v) is 12.3. The monoisotopic (exact) mass is 312 g/mol. The highest BCUT2D eigenvalue weighted by Gasteiger charge is 2.13. The maximum atomic E-state index is 12.0. The second kappa shape index (κ2) is 6.30. The average molecular weight is 312 g/mol. The van der Waals surface area contributed by atoms with Gasteiger partial charge in [0.1, 0.15) is 11.5 Å². The van der Waals surface area contributed by atoms with Crippen LogP contribution in [-0.2, 0) is 0 Å². The lowest BCUT2D eigenvalue weighted by molar-refractivity contribution is 0.0964. The predicted molar refractivity (Wildman–Crippen MR) is 87.9 cm³/mol. The van der Waals surface area contributed by atoms with Crippen LogP contribution in [0.1, 0.15) is 10.4 Å². The number of hydrogen-bond donors (Lipinski definition) is 6. The molecule has 1 aromatic carbocycles. The van der Waals surface area contributed by atoms with Gasteiger partial charge in [0, 0.05) is 13.2 Å². The van der Waals surface area contributed by atoms with E-state index in [0.717, 1.165) is 5.39 Å². The van der Waals surface area contributed by atoms with E-state index in [1.165, 1.54) is 0 Å². The number of nitrogens with two attached hydrogens (primary N) is 1. The normalized spacial score (nSPS) is 10.5. The van der Waals surface area contributed by atoms with Gasteiger partial charge in [-0.25, -0.2) is 0 Å². The van der Waals surface area contributed by atoms with Crippen LogP contribution in [0.2, 0.25) is 0 Å². The Balaban J connectivity index is 2.05. The molecular weight excluding hydrogens is 296 g/mol. The van der Waals surface area contributed by atoms with E-state index in [0.29, 0.717) is 28.7 Å². The van der Waals surface area contributed by atoms with Gasteiger partial charge in [-0.05, 0) is 18.2 Å². The number of H-pyrrole nitrogens is 1. The molecule has 7 N–H and O–H groups in total. The molecule has 0 bridgehead atoms. The average Bonchev–Trinajstić information content (AvgIpc) is 3.04. The molecule has 0 aliphatic carbocycles. The molecule has 0 aliphatic rings. The third-order valence-electron chi connectivity index (χ3n) is 3.25. The second-order valence-corrected chi connectivity index (χ2v) is 4.65. The highest BCUT2D eigenvalue weighted by molar-refractivity contribution is 6.01. The summed E-state index contributed by atoms with van der Waals surface area (Å²) < 4.78 is 0. The van der Waals surface area contributed by atoms with Gasteiger partial charge >= 0.3 is 0 Å². The van der Waals surface area contributed by atoms with Crippen LogP contribution in [0.5, 0.6) is 0 Å². The van der Waals surface area contributed by atoms with Crippen LogP contribution in [0.3, 0.4) is 0 Å². The zero-order chi connectivity index (χ0) is 16.2. The molecule has 2 heterocycles. The molecule has 3 rings (SSSR count). The summed E-state index contributed by atoms with van der Waals surface area (Å²) >= 11 is 0. The largest absolute Gasteiger partial charge is 0.355 e. The topological polar surface area (TPSA) is 133 Å². The third kappa shape index (κ3) is 2.91. The van der Waals surface area contributed by atoms with Crippen molar-refractivity contribution >= 4 is 34.4 Å². The van der Waals surface area contributed by atoms with Gasteiger partial charge in [-0.1, -0.05) is 12.1 Å². The van der Waals surface area contributed by atoms with E-state index in [4.69, 9.17) is 5.84 Å². The highest BCUT2D eigenvalue weighted by Crippen LogP contribution is 2.26. The van der Waals surface area contributed by atoms with Gasteiger partial charge < -0.3 is 15.6 Å². The lowest BCUT2D eigenvalue weighted by atomic mass is 10.1. The smallest absolute Gasteiger partial charge is 0.253 e. The maximum absolute atomic E-state index is 12.0. The van der Waals surface area contributed by atoms with E-state index in [1.807, 2.05) is 12.1 Å². The summed E-state index contributed by atoms with van der Waals surface area (Å²) in [4.78, 5) is 23.6. The molecule has 3 aromatic rings. The van der Waals surface area contributed by atoms with Crippen molar-refractivity contribution in [3.05, 3.63) is 42.1 Å². The minimum Gasteiger partial charge on any atom is -0.355 e. The molecule has 0 radical (unpaired) electrons. The number of hydrazine groups is 2. The first-order valence-corrected chi connectivity index (χ1v) is 6.88. The van der Waals surface area contributed by atoms with Gasteiger partial charge in [-0.3, -0.25) is 16.1 Å². The van der Waals surface area contributed by atoms with Crippen molar-refractivity contribution in [1.82, 2.24) is 25.8 Å². The number of amides is 1. The van der Waals surface area contributed by atoms with E-state index >= 15 is 0 Å². The van der Waals surface area contributed by atoms with Crippen molar-refractivity contribution in [3.8, 4) is 0 Å². The van der Waals surface area contributed by atoms with Crippen LogP contribution in [0.25, 0.3) is 11.0 Å². The summed E-state index contributed by atoms with van der Waals surface area (Å²) in [5.41, 5.74) is 6.71. The Morgan fingerprint density at radius 3 is 2.83 bits per heavy atom. The third-order valence-corrected chi connectivity index (χ3v) is 3.25. The summed E-state index contributed by atoms with van der Waals surface area (Å²) in [7, 11) is 1.59. The highest BCUT2D eigenvalue weighted by atomic mass is 16.1. The molecule has 23 heavy (non-hydrogen) atoms. The van der Waals surface area contributed by atoms with Crippen molar-refractivity contribution in [2.24, 2.45) is 5.84 Å². The molecule has 0 spiro atoms. The van der Waals surface area contributed by atoms with Crippen LogP contribution in [0.4, 0.5) is 17.5 Å². The molecule has 0 aliphatic heterocycles. The number of anilines is 3.